The first kappa shape index (κ1) is 19.2. The molecule has 1 saturated heterocycles. The highest BCUT2D eigenvalue weighted by molar-refractivity contribution is 5.79. The van der Waals surface area contributed by atoms with Crippen molar-refractivity contribution < 1.29 is 27.8 Å². The van der Waals surface area contributed by atoms with Gasteiger partial charge in [-0.2, -0.15) is 13.2 Å². The zero-order chi connectivity index (χ0) is 19.4. The number of hydrogen-bond donors (Lipinski definition) is 1. The van der Waals surface area contributed by atoms with Crippen LogP contribution < -0.4 is 0 Å². The third-order valence-corrected chi connectivity index (χ3v) is 4.29. The fourth-order valence-electron chi connectivity index (χ4n) is 2.70. The van der Waals surface area contributed by atoms with Crippen LogP contribution in [0.1, 0.15) is 22.9 Å². The van der Waals surface area contributed by atoms with E-state index in [-0.39, 0.29) is 24.9 Å². The Morgan fingerprint density at radius 1 is 1.30 bits per heavy atom. The summed E-state index contributed by atoms with van der Waals surface area (Å²) in [6, 6.07) is 5.30. The molecule has 1 atom stereocenters. The van der Waals surface area contributed by atoms with Crippen LogP contribution in [0.5, 0.6) is 0 Å². The van der Waals surface area contributed by atoms with Gasteiger partial charge in [-0.25, -0.2) is 0 Å². The van der Waals surface area contributed by atoms with Crippen molar-refractivity contribution in [3.05, 3.63) is 59.7 Å². The quantitative estimate of drug-likeness (QED) is 0.828. The summed E-state index contributed by atoms with van der Waals surface area (Å²) in [6.07, 6.45) is -1.41. The minimum atomic E-state index is -4.52. The summed E-state index contributed by atoms with van der Waals surface area (Å²) in [7, 11) is 0. The number of ether oxygens (including phenoxy) is 1. The molecule has 1 N–H and O–H groups in total. The maximum absolute atomic E-state index is 12.7. The number of aliphatic hydroxyl groups excluding tert-OH is 1. The topological polar surface area (TPSA) is 75.6 Å². The summed E-state index contributed by atoms with van der Waals surface area (Å²) in [4.78, 5) is 21.5. The summed E-state index contributed by atoms with van der Waals surface area (Å²) >= 11 is 0. The molecule has 1 amide bonds. The van der Waals surface area contributed by atoms with Crippen molar-refractivity contribution in [3.8, 4) is 0 Å². The molecule has 0 radical (unpaired) electrons. The normalized spacial score (nSPS) is 15.9. The van der Waals surface area contributed by atoms with Gasteiger partial charge in [-0.3, -0.25) is 14.8 Å². The Morgan fingerprint density at radius 3 is 2.59 bits per heavy atom. The zero-order valence-electron chi connectivity index (χ0n) is 14.3. The number of amides is 1. The van der Waals surface area contributed by atoms with Crippen molar-refractivity contribution in [2.45, 2.75) is 24.7 Å². The van der Waals surface area contributed by atoms with Gasteiger partial charge in [0.05, 0.1) is 38.3 Å². The average molecular weight is 381 g/mol. The van der Waals surface area contributed by atoms with Crippen molar-refractivity contribution in [2.24, 2.45) is 0 Å². The molecular weight excluding hydrogens is 363 g/mol. The van der Waals surface area contributed by atoms with E-state index in [0.29, 0.717) is 24.3 Å². The first-order chi connectivity index (χ1) is 12.8. The predicted octanol–water partition coefficient (Wildman–Crippen LogP) is 2.00. The lowest BCUT2D eigenvalue weighted by Gasteiger charge is -2.38. The van der Waals surface area contributed by atoms with E-state index in [1.165, 1.54) is 17.2 Å². The van der Waals surface area contributed by atoms with Gasteiger partial charge in [0.2, 0.25) is 5.91 Å². The molecule has 3 rings (SSSR count). The van der Waals surface area contributed by atoms with Crippen LogP contribution in [0.4, 0.5) is 13.2 Å². The Kier molecular flexibility index (Phi) is 5.71. The monoisotopic (exact) mass is 381 g/mol. The smallest absolute Gasteiger partial charge is 0.386 e. The van der Waals surface area contributed by atoms with Crippen molar-refractivity contribution >= 4 is 5.91 Å². The Morgan fingerprint density at radius 2 is 2.07 bits per heavy atom. The van der Waals surface area contributed by atoms with Gasteiger partial charge in [-0.15, -0.1) is 0 Å². The van der Waals surface area contributed by atoms with Gasteiger partial charge in [0.1, 0.15) is 5.69 Å². The van der Waals surface area contributed by atoms with Crippen LogP contribution in [0.2, 0.25) is 0 Å². The molecule has 0 spiro atoms. The number of alkyl halides is 3. The molecule has 6 nitrogen and oxygen atoms in total. The van der Waals surface area contributed by atoms with Crippen LogP contribution in [0.25, 0.3) is 0 Å². The molecule has 1 unspecified atom stereocenters. The van der Waals surface area contributed by atoms with E-state index < -0.39 is 18.0 Å². The maximum atomic E-state index is 12.7. The highest BCUT2D eigenvalue weighted by Gasteiger charge is 2.33. The second-order valence-corrected chi connectivity index (χ2v) is 6.27. The molecule has 9 heteroatoms. The molecule has 1 fully saturated rings. The van der Waals surface area contributed by atoms with Crippen molar-refractivity contribution in [2.75, 3.05) is 19.8 Å². The Hall–Kier alpha value is -2.52. The molecule has 0 saturated carbocycles. The van der Waals surface area contributed by atoms with Crippen molar-refractivity contribution in [1.29, 1.82) is 0 Å². The summed E-state index contributed by atoms with van der Waals surface area (Å²) < 4.78 is 42.9. The Bertz CT molecular complexity index is 765. The average Bonchev–Trinajstić information content (AvgIpc) is 2.60. The fourth-order valence-corrected chi connectivity index (χ4v) is 2.70. The van der Waals surface area contributed by atoms with E-state index in [9.17, 15) is 23.1 Å². The highest BCUT2D eigenvalue weighted by Crippen LogP contribution is 2.27. The Labute approximate surface area is 153 Å². The summed E-state index contributed by atoms with van der Waals surface area (Å²) in [5.41, 5.74) is -0.0594. The molecule has 1 aliphatic rings. The lowest BCUT2D eigenvalue weighted by molar-refractivity contribution is -0.146. The molecule has 2 aromatic rings. The largest absolute Gasteiger partial charge is 0.433 e. The minimum Gasteiger partial charge on any atom is -0.386 e. The van der Waals surface area contributed by atoms with Gasteiger partial charge in [0.25, 0.3) is 0 Å². The number of nitrogens with zero attached hydrogens (tertiary/aromatic N) is 3. The standard InChI is InChI=1S/C18H18F3N3O3/c19-18(20,21)16-4-3-12(7-23-16)6-17(26)24(14-10-27-11-14)9-15(25)13-2-1-5-22-8-13/h1-5,7-8,14-15,25H,6,9-11H2. The first-order valence-corrected chi connectivity index (χ1v) is 8.32. The number of pyridine rings is 2. The molecule has 2 aromatic heterocycles. The van der Waals surface area contributed by atoms with Gasteiger partial charge in [0.15, 0.2) is 0 Å². The molecule has 144 valence electrons. The van der Waals surface area contributed by atoms with E-state index in [1.54, 1.807) is 18.3 Å². The fraction of sp³-hybridized carbons (Fsp3) is 0.389. The van der Waals surface area contributed by atoms with E-state index >= 15 is 0 Å². The lowest BCUT2D eigenvalue weighted by atomic mass is 10.1. The maximum Gasteiger partial charge on any atom is 0.433 e. The van der Waals surface area contributed by atoms with Gasteiger partial charge in [-0.1, -0.05) is 12.1 Å². The summed E-state index contributed by atoms with van der Waals surface area (Å²) in [5, 5.41) is 10.4. The molecule has 3 heterocycles. The van der Waals surface area contributed by atoms with E-state index in [2.05, 4.69) is 9.97 Å². The van der Waals surface area contributed by atoms with E-state index in [1.807, 2.05) is 0 Å². The summed E-state index contributed by atoms with van der Waals surface area (Å²) in [6.45, 7) is 0.764. The number of rotatable bonds is 6. The zero-order valence-corrected chi connectivity index (χ0v) is 14.3. The van der Waals surface area contributed by atoms with Gasteiger partial charge >= 0.3 is 6.18 Å². The molecule has 27 heavy (non-hydrogen) atoms. The lowest BCUT2D eigenvalue weighted by Crippen LogP contribution is -2.53. The second kappa shape index (κ2) is 8.01. The van der Waals surface area contributed by atoms with E-state index in [4.69, 9.17) is 4.74 Å². The van der Waals surface area contributed by atoms with Crippen LogP contribution in [0, 0.1) is 0 Å². The SMILES string of the molecule is O=C(Cc1ccc(C(F)(F)F)nc1)N(CC(O)c1cccnc1)C1COC1. The highest BCUT2D eigenvalue weighted by atomic mass is 19.4. The van der Waals surface area contributed by atoms with Crippen LogP contribution in [0.3, 0.4) is 0 Å². The molecule has 0 bridgehead atoms. The molecule has 1 aliphatic heterocycles. The van der Waals surface area contributed by atoms with Crippen LogP contribution in [-0.2, 0) is 22.1 Å². The van der Waals surface area contributed by atoms with Gasteiger partial charge in [0, 0.05) is 24.2 Å². The molecule has 0 aliphatic carbocycles. The number of halogens is 3. The summed E-state index contributed by atoms with van der Waals surface area (Å²) in [5.74, 6) is -0.312. The van der Waals surface area contributed by atoms with Crippen molar-refractivity contribution in [3.63, 3.8) is 0 Å². The predicted molar refractivity (Wildman–Crippen MR) is 88.5 cm³/mol. The minimum absolute atomic E-state index is 0.0482. The number of aromatic nitrogens is 2. The number of carbonyl (C=O) groups is 1. The number of carbonyl (C=O) groups excluding carboxylic acids is 1. The molecule has 0 aromatic carbocycles. The van der Waals surface area contributed by atoms with Gasteiger partial charge < -0.3 is 14.7 Å². The molecular formula is C18H18F3N3O3. The second-order valence-electron chi connectivity index (χ2n) is 6.27. The van der Waals surface area contributed by atoms with Crippen molar-refractivity contribution in [1.82, 2.24) is 14.9 Å². The van der Waals surface area contributed by atoms with Crippen LogP contribution >= 0.6 is 0 Å². The number of aliphatic hydroxyl groups is 1. The van der Waals surface area contributed by atoms with E-state index in [0.717, 1.165) is 12.3 Å². The van der Waals surface area contributed by atoms with Crippen LogP contribution in [-0.4, -0.2) is 51.7 Å². The van der Waals surface area contributed by atoms with Gasteiger partial charge in [-0.05, 0) is 17.7 Å². The third-order valence-electron chi connectivity index (χ3n) is 4.29. The Balaban J connectivity index is 1.68. The van der Waals surface area contributed by atoms with Crippen LogP contribution in [0.15, 0.2) is 42.9 Å². The number of hydrogen-bond acceptors (Lipinski definition) is 5. The first-order valence-electron chi connectivity index (χ1n) is 8.32. The third kappa shape index (κ3) is 4.81.